The predicted octanol–water partition coefficient (Wildman–Crippen LogP) is 11.0. The van der Waals surface area contributed by atoms with Crippen LogP contribution in [0.2, 0.25) is 0 Å². The van der Waals surface area contributed by atoms with Gasteiger partial charge in [0.25, 0.3) is 0 Å². The first-order valence-corrected chi connectivity index (χ1v) is 16.9. The summed E-state index contributed by atoms with van der Waals surface area (Å²) in [7, 11) is 0. The molecule has 4 aromatic heterocycles. The quantitative estimate of drug-likeness (QED) is 0.180. The summed E-state index contributed by atoms with van der Waals surface area (Å²) in [4.78, 5) is 23.9. The molecule has 0 aliphatic carbocycles. The van der Waals surface area contributed by atoms with Crippen molar-refractivity contribution in [3.63, 3.8) is 0 Å². The number of hydrogen-bond donors (Lipinski definition) is 0. The maximum absolute atomic E-state index is 5.04. The third-order valence-corrected chi connectivity index (χ3v) is 9.87. The fraction of sp³-hybridized carbons (Fsp3) is 0. The Hall–Kier alpha value is -6.37. The number of aromatic nitrogens is 5. The van der Waals surface area contributed by atoms with Gasteiger partial charge in [0.1, 0.15) is 0 Å². The van der Waals surface area contributed by atoms with Gasteiger partial charge in [0.15, 0.2) is 17.5 Å². The van der Waals surface area contributed by atoms with Crippen molar-refractivity contribution in [1.82, 2.24) is 24.9 Å². The fourth-order valence-electron chi connectivity index (χ4n) is 6.15. The fourth-order valence-corrected chi connectivity index (χ4v) is 7.21. The number of hydrogen-bond acceptors (Lipinski definition) is 6. The van der Waals surface area contributed by atoms with E-state index in [9.17, 15) is 0 Å². The number of benzene rings is 5. The van der Waals surface area contributed by atoms with Crippen LogP contribution in [0, 0.1) is 0 Å². The van der Waals surface area contributed by atoms with Crippen molar-refractivity contribution in [2.75, 3.05) is 0 Å². The van der Waals surface area contributed by atoms with E-state index in [1.165, 1.54) is 25.7 Å². The number of pyridine rings is 2. The zero-order valence-corrected chi connectivity index (χ0v) is 27.0. The minimum absolute atomic E-state index is 0.642. The van der Waals surface area contributed by atoms with Gasteiger partial charge in [0.2, 0.25) is 0 Å². The summed E-state index contributed by atoms with van der Waals surface area (Å²) in [6.45, 7) is 0. The number of rotatable bonds is 6. The van der Waals surface area contributed by atoms with E-state index in [0.29, 0.717) is 17.5 Å². The molecule has 0 spiro atoms. The molecule has 0 aliphatic heterocycles. The first-order valence-electron chi connectivity index (χ1n) is 16.1. The summed E-state index contributed by atoms with van der Waals surface area (Å²) < 4.78 is 2.45. The lowest BCUT2D eigenvalue weighted by Gasteiger charge is -2.09. The van der Waals surface area contributed by atoms with Gasteiger partial charge < -0.3 is 0 Å². The third kappa shape index (κ3) is 5.64. The Morgan fingerprint density at radius 2 is 0.857 bits per heavy atom. The molecule has 0 bridgehead atoms. The first kappa shape index (κ1) is 28.8. The Morgan fingerprint density at radius 3 is 1.49 bits per heavy atom. The van der Waals surface area contributed by atoms with E-state index in [0.717, 1.165) is 44.6 Å². The van der Waals surface area contributed by atoms with E-state index in [4.69, 9.17) is 19.9 Å². The van der Waals surface area contributed by atoms with Gasteiger partial charge in [-0.2, -0.15) is 0 Å². The van der Waals surface area contributed by atoms with Gasteiger partial charge in [-0.25, -0.2) is 15.0 Å². The van der Waals surface area contributed by atoms with E-state index in [1.807, 2.05) is 54.7 Å². The standard InChI is InChI=1S/C43H27N5S/c1-3-7-28(8-4-1)29-11-13-32(14-12-29)42-46-41(31-9-5-2-6-10-31)47-43(48-42)34-17-20-40-37(26-34)36-25-33(16-19-39(36)49-40)35-15-18-38(45-27-35)30-21-23-44-24-22-30/h1-27H. The van der Waals surface area contributed by atoms with E-state index in [1.54, 1.807) is 23.7 Å². The average Bonchev–Trinajstić information content (AvgIpc) is 3.56. The molecule has 6 heteroatoms. The van der Waals surface area contributed by atoms with Crippen LogP contribution in [0.25, 0.3) is 87.8 Å². The molecule has 0 saturated carbocycles. The lowest BCUT2D eigenvalue weighted by atomic mass is 10.0. The zero-order chi connectivity index (χ0) is 32.6. The van der Waals surface area contributed by atoms with E-state index < -0.39 is 0 Å². The SMILES string of the molecule is c1ccc(-c2ccc(-c3nc(-c4ccccc4)nc(-c4ccc5sc6ccc(-c7ccc(-c8ccncc8)nc7)cc6c5c4)n3)cc2)cc1. The van der Waals surface area contributed by atoms with Crippen molar-refractivity contribution in [2.24, 2.45) is 0 Å². The molecule has 0 atom stereocenters. The van der Waals surface area contributed by atoms with Crippen LogP contribution < -0.4 is 0 Å². The van der Waals surface area contributed by atoms with Crippen LogP contribution >= 0.6 is 11.3 Å². The lowest BCUT2D eigenvalue weighted by molar-refractivity contribution is 1.07. The van der Waals surface area contributed by atoms with Gasteiger partial charge in [-0.15, -0.1) is 11.3 Å². The number of thiophene rings is 1. The highest BCUT2D eigenvalue weighted by molar-refractivity contribution is 7.25. The second kappa shape index (κ2) is 12.3. The van der Waals surface area contributed by atoms with Gasteiger partial charge in [-0.3, -0.25) is 9.97 Å². The molecule has 0 aliphatic rings. The molecule has 49 heavy (non-hydrogen) atoms. The summed E-state index contributed by atoms with van der Waals surface area (Å²) in [6.07, 6.45) is 5.53. The highest BCUT2D eigenvalue weighted by atomic mass is 32.1. The Bertz CT molecular complexity index is 2570. The second-order valence-electron chi connectivity index (χ2n) is 11.8. The number of fused-ring (bicyclic) bond motifs is 3. The third-order valence-electron chi connectivity index (χ3n) is 8.72. The van der Waals surface area contributed by atoms with Gasteiger partial charge in [0, 0.05) is 66.6 Å². The summed E-state index contributed by atoms with van der Waals surface area (Å²) in [6, 6.07) is 50.2. The molecule has 0 amide bonds. The zero-order valence-electron chi connectivity index (χ0n) is 26.2. The highest BCUT2D eigenvalue weighted by Crippen LogP contribution is 2.38. The molecular formula is C43H27N5S. The molecule has 5 aromatic carbocycles. The van der Waals surface area contributed by atoms with Crippen molar-refractivity contribution in [1.29, 1.82) is 0 Å². The minimum Gasteiger partial charge on any atom is -0.265 e. The van der Waals surface area contributed by atoms with Crippen LogP contribution in [0.5, 0.6) is 0 Å². The van der Waals surface area contributed by atoms with E-state index in [-0.39, 0.29) is 0 Å². The van der Waals surface area contributed by atoms with Gasteiger partial charge in [0.05, 0.1) is 5.69 Å². The highest BCUT2D eigenvalue weighted by Gasteiger charge is 2.15. The molecule has 5 nitrogen and oxygen atoms in total. The van der Waals surface area contributed by atoms with Gasteiger partial charge >= 0.3 is 0 Å². The van der Waals surface area contributed by atoms with Crippen molar-refractivity contribution < 1.29 is 0 Å². The molecule has 0 fully saturated rings. The lowest BCUT2D eigenvalue weighted by Crippen LogP contribution is -2.00. The van der Waals surface area contributed by atoms with Gasteiger partial charge in [-0.1, -0.05) is 97.1 Å². The molecule has 0 N–H and O–H groups in total. The van der Waals surface area contributed by atoms with E-state index >= 15 is 0 Å². The topological polar surface area (TPSA) is 64.5 Å². The van der Waals surface area contributed by atoms with Crippen molar-refractivity contribution in [2.45, 2.75) is 0 Å². The van der Waals surface area contributed by atoms with Crippen LogP contribution in [0.3, 0.4) is 0 Å². The van der Waals surface area contributed by atoms with Crippen molar-refractivity contribution in [3.05, 3.63) is 164 Å². The number of nitrogens with zero attached hydrogens (tertiary/aromatic N) is 5. The monoisotopic (exact) mass is 645 g/mol. The molecule has 230 valence electrons. The Labute approximate surface area is 287 Å². The van der Waals surface area contributed by atoms with Crippen LogP contribution in [0.1, 0.15) is 0 Å². The van der Waals surface area contributed by atoms with Crippen LogP contribution in [0.15, 0.2) is 164 Å². The largest absolute Gasteiger partial charge is 0.265 e. The smallest absolute Gasteiger partial charge is 0.164 e. The second-order valence-corrected chi connectivity index (χ2v) is 12.9. The van der Waals surface area contributed by atoms with Crippen LogP contribution in [0.4, 0.5) is 0 Å². The molecule has 0 saturated heterocycles. The Balaban J connectivity index is 1.12. The van der Waals surface area contributed by atoms with Crippen molar-refractivity contribution in [3.8, 4) is 67.7 Å². The van der Waals surface area contributed by atoms with E-state index in [2.05, 4.69) is 102 Å². The summed E-state index contributed by atoms with van der Waals surface area (Å²) in [5.41, 5.74) is 9.33. The average molecular weight is 646 g/mol. The first-order chi connectivity index (χ1) is 24.2. The molecular weight excluding hydrogens is 619 g/mol. The Kier molecular flexibility index (Phi) is 7.26. The summed E-state index contributed by atoms with van der Waals surface area (Å²) in [5, 5.41) is 2.38. The van der Waals surface area contributed by atoms with Crippen molar-refractivity contribution >= 4 is 31.5 Å². The maximum Gasteiger partial charge on any atom is 0.164 e. The Morgan fingerprint density at radius 1 is 0.367 bits per heavy atom. The summed E-state index contributed by atoms with van der Waals surface area (Å²) in [5.74, 6) is 1.93. The predicted molar refractivity (Wildman–Crippen MR) is 201 cm³/mol. The molecule has 4 heterocycles. The maximum atomic E-state index is 5.04. The molecule has 0 unspecified atom stereocenters. The molecule has 9 aromatic rings. The van der Waals surface area contributed by atoms with Crippen LogP contribution in [-0.4, -0.2) is 24.9 Å². The summed E-state index contributed by atoms with van der Waals surface area (Å²) >= 11 is 1.79. The normalized spacial score (nSPS) is 11.3. The van der Waals surface area contributed by atoms with Gasteiger partial charge in [-0.05, 0) is 65.2 Å². The molecule has 0 radical (unpaired) electrons. The molecule has 9 rings (SSSR count). The van der Waals surface area contributed by atoms with Crippen LogP contribution in [-0.2, 0) is 0 Å². The minimum atomic E-state index is 0.642.